The smallest absolute Gasteiger partial charge is 0.320 e. The average molecular weight is 519 g/mol. The van der Waals surface area contributed by atoms with Crippen LogP contribution in [-0.4, -0.2) is 47.2 Å². The Morgan fingerprint density at radius 1 is 1.05 bits per heavy atom. The lowest BCUT2D eigenvalue weighted by molar-refractivity contribution is -0.143. The van der Waals surface area contributed by atoms with Gasteiger partial charge in [-0.2, -0.15) is 28.5 Å². The molecule has 10 nitrogen and oxygen atoms in total. The summed E-state index contributed by atoms with van der Waals surface area (Å²) in [6.45, 7) is 2.58. The Bertz CT molecular complexity index is 1660. The van der Waals surface area contributed by atoms with Gasteiger partial charge in [-0.15, -0.1) is 4.80 Å². The number of hydrogen-bond acceptors (Lipinski definition) is 7. The minimum absolute atomic E-state index is 0.0440. The zero-order chi connectivity index (χ0) is 26.4. The number of nitrogens with zero attached hydrogens (tertiary/aromatic N) is 7. The summed E-state index contributed by atoms with van der Waals surface area (Å²) in [5.74, 6) is -0.533. The van der Waals surface area contributed by atoms with E-state index in [1.54, 1.807) is 37.4 Å². The highest BCUT2D eigenvalue weighted by molar-refractivity contribution is 6.05. The van der Waals surface area contributed by atoms with Gasteiger partial charge in [-0.3, -0.25) is 9.78 Å². The maximum absolute atomic E-state index is 14.4. The molecule has 1 unspecified atom stereocenters. The second-order valence-electron chi connectivity index (χ2n) is 8.82. The number of aryl methyl sites for hydroxylation is 1. The number of hydrogen-bond donors (Lipinski definition) is 2. The van der Waals surface area contributed by atoms with Crippen LogP contribution >= 0.6 is 0 Å². The van der Waals surface area contributed by atoms with Crippen LogP contribution in [0.25, 0.3) is 22.3 Å². The number of aromatic nitrogens is 7. The van der Waals surface area contributed by atoms with Gasteiger partial charge in [0.05, 0.1) is 53.5 Å². The van der Waals surface area contributed by atoms with Gasteiger partial charge in [0.2, 0.25) is 0 Å². The summed E-state index contributed by atoms with van der Waals surface area (Å²) in [6.07, 6.45) is 2.84. The number of amides is 1. The predicted octanol–water partition coefficient (Wildman–Crippen LogP) is 4.01. The minimum Gasteiger partial charge on any atom is -0.320 e. The molecule has 1 amide bonds. The SMILES string of the molecule is Cc1cc(NC(=O)c2cnn(-c3cccc4c(C5CCN5)nccc34)c2C(F)(F)F)cnc1-n1nccn1. The molecule has 1 aliphatic rings. The quantitative estimate of drug-likeness (QED) is 0.361. The molecule has 2 N–H and O–H groups in total. The van der Waals surface area contributed by atoms with Gasteiger partial charge in [0.1, 0.15) is 0 Å². The van der Waals surface area contributed by atoms with Gasteiger partial charge < -0.3 is 10.6 Å². The first-order valence-corrected chi connectivity index (χ1v) is 11.7. The summed E-state index contributed by atoms with van der Waals surface area (Å²) in [4.78, 5) is 23.0. The lowest BCUT2D eigenvalue weighted by Gasteiger charge is -2.28. The highest BCUT2D eigenvalue weighted by Crippen LogP contribution is 2.37. The average Bonchev–Trinajstić information content (AvgIpc) is 3.53. The largest absolute Gasteiger partial charge is 0.434 e. The summed E-state index contributed by atoms with van der Waals surface area (Å²) >= 11 is 0. The van der Waals surface area contributed by atoms with Gasteiger partial charge in [-0.25, -0.2) is 9.67 Å². The zero-order valence-electron chi connectivity index (χ0n) is 19.9. The van der Waals surface area contributed by atoms with Crippen molar-refractivity contribution in [1.29, 1.82) is 0 Å². The molecule has 0 spiro atoms. The lowest BCUT2D eigenvalue weighted by Crippen LogP contribution is -2.35. The normalized spacial score (nSPS) is 15.4. The van der Waals surface area contributed by atoms with E-state index in [9.17, 15) is 18.0 Å². The van der Waals surface area contributed by atoms with Gasteiger partial charge in [0.25, 0.3) is 5.91 Å². The molecule has 1 atom stereocenters. The van der Waals surface area contributed by atoms with Crippen molar-refractivity contribution in [2.45, 2.75) is 25.6 Å². The lowest BCUT2D eigenvalue weighted by atomic mass is 9.97. The second-order valence-corrected chi connectivity index (χ2v) is 8.82. The molecule has 0 radical (unpaired) electrons. The number of anilines is 1. The predicted molar refractivity (Wildman–Crippen MR) is 131 cm³/mol. The molecule has 5 heterocycles. The van der Waals surface area contributed by atoms with Crippen LogP contribution in [-0.2, 0) is 6.18 Å². The van der Waals surface area contributed by atoms with E-state index in [1.165, 1.54) is 23.4 Å². The Kier molecular flexibility index (Phi) is 5.64. The van der Waals surface area contributed by atoms with Gasteiger partial charge >= 0.3 is 6.18 Å². The standard InChI is InChI=1S/C25H20F3N9O/c1-14-11-15(12-31-23(14)37-32-9-10-33-37)35-24(38)18-13-34-36(22(18)25(26,27)28)20-4-2-3-17-16(20)5-7-30-21(17)19-6-8-29-19/h2-5,7,9-13,19,29H,6,8H2,1H3,(H,35,38). The van der Waals surface area contributed by atoms with Crippen LogP contribution in [0.2, 0.25) is 0 Å². The van der Waals surface area contributed by atoms with Crippen molar-refractivity contribution in [3.8, 4) is 11.5 Å². The molecule has 0 saturated carbocycles. The number of fused-ring (bicyclic) bond motifs is 1. The number of halogens is 3. The van der Waals surface area contributed by atoms with Crippen molar-refractivity contribution in [2.24, 2.45) is 0 Å². The van der Waals surface area contributed by atoms with Gasteiger partial charge in [0.15, 0.2) is 11.5 Å². The Hall–Kier alpha value is -4.65. The van der Waals surface area contributed by atoms with E-state index in [4.69, 9.17) is 0 Å². The van der Waals surface area contributed by atoms with Crippen molar-refractivity contribution in [2.75, 3.05) is 11.9 Å². The van der Waals surface area contributed by atoms with Crippen LogP contribution in [0.15, 0.2) is 61.3 Å². The molecule has 0 bridgehead atoms. The molecule has 4 aromatic heterocycles. The number of alkyl halides is 3. The Morgan fingerprint density at radius 3 is 2.53 bits per heavy atom. The molecule has 192 valence electrons. The fraction of sp³-hybridized carbons (Fsp3) is 0.200. The van der Waals surface area contributed by atoms with Crippen LogP contribution in [0, 0.1) is 6.92 Å². The third-order valence-electron chi connectivity index (χ3n) is 6.39. The maximum atomic E-state index is 14.4. The molecule has 0 aliphatic carbocycles. The van der Waals surface area contributed by atoms with E-state index >= 15 is 0 Å². The number of nitrogens with one attached hydrogen (secondary N) is 2. The molecular formula is C25H20F3N9O. The van der Waals surface area contributed by atoms with Crippen molar-refractivity contribution in [3.63, 3.8) is 0 Å². The van der Waals surface area contributed by atoms with Gasteiger partial charge in [-0.1, -0.05) is 12.1 Å². The van der Waals surface area contributed by atoms with E-state index in [0.717, 1.165) is 34.9 Å². The van der Waals surface area contributed by atoms with Crippen molar-refractivity contribution in [1.82, 2.24) is 40.1 Å². The number of carbonyl (C=O) groups excluding carboxylic acids is 1. The van der Waals surface area contributed by atoms with Crippen LogP contribution in [0.3, 0.4) is 0 Å². The van der Waals surface area contributed by atoms with Gasteiger partial charge in [-0.05, 0) is 43.7 Å². The number of pyridine rings is 2. The molecule has 5 aromatic rings. The highest BCUT2D eigenvalue weighted by Gasteiger charge is 2.41. The molecule has 1 aromatic carbocycles. The Morgan fingerprint density at radius 2 is 1.84 bits per heavy atom. The summed E-state index contributed by atoms with van der Waals surface area (Å²) in [5, 5.41) is 19.1. The first-order valence-electron chi connectivity index (χ1n) is 11.7. The number of benzene rings is 1. The maximum Gasteiger partial charge on any atom is 0.434 e. The molecule has 1 aliphatic heterocycles. The summed E-state index contributed by atoms with van der Waals surface area (Å²) in [7, 11) is 0. The van der Waals surface area contributed by atoms with Gasteiger partial charge in [0, 0.05) is 17.0 Å². The monoisotopic (exact) mass is 519 g/mol. The fourth-order valence-corrected chi connectivity index (χ4v) is 4.54. The Balaban J connectivity index is 1.38. The zero-order valence-corrected chi connectivity index (χ0v) is 19.9. The fourth-order valence-electron chi connectivity index (χ4n) is 4.54. The first kappa shape index (κ1) is 23.7. The van der Waals surface area contributed by atoms with E-state index in [2.05, 4.69) is 35.9 Å². The van der Waals surface area contributed by atoms with E-state index in [1.807, 2.05) is 6.07 Å². The molecule has 1 fully saturated rings. The second kappa shape index (κ2) is 9.03. The van der Waals surface area contributed by atoms with E-state index < -0.39 is 23.3 Å². The first-order chi connectivity index (χ1) is 18.3. The highest BCUT2D eigenvalue weighted by atomic mass is 19.4. The van der Waals surface area contributed by atoms with Crippen molar-refractivity contribution in [3.05, 3.63) is 83.8 Å². The van der Waals surface area contributed by atoms with Crippen molar-refractivity contribution >= 4 is 22.4 Å². The third-order valence-corrected chi connectivity index (χ3v) is 6.39. The number of rotatable bonds is 5. The molecule has 13 heteroatoms. The molecule has 1 saturated heterocycles. The van der Waals surface area contributed by atoms with Crippen LogP contribution in [0.4, 0.5) is 18.9 Å². The van der Waals surface area contributed by atoms with Crippen LogP contribution in [0.5, 0.6) is 0 Å². The molecular weight excluding hydrogens is 499 g/mol. The third kappa shape index (κ3) is 4.06. The Labute approximate surface area is 213 Å². The minimum atomic E-state index is -4.86. The van der Waals surface area contributed by atoms with Crippen LogP contribution < -0.4 is 10.6 Å². The molecule has 38 heavy (non-hydrogen) atoms. The summed E-state index contributed by atoms with van der Waals surface area (Å²) in [5.41, 5.74) is 0.0194. The number of carbonyl (C=O) groups is 1. The van der Waals surface area contributed by atoms with Crippen LogP contribution in [0.1, 0.15) is 39.8 Å². The summed E-state index contributed by atoms with van der Waals surface area (Å²) in [6, 6.07) is 8.30. The summed E-state index contributed by atoms with van der Waals surface area (Å²) < 4.78 is 43.9. The van der Waals surface area contributed by atoms with E-state index in [0.29, 0.717) is 16.8 Å². The molecule has 6 rings (SSSR count). The van der Waals surface area contributed by atoms with Crippen molar-refractivity contribution < 1.29 is 18.0 Å². The van der Waals surface area contributed by atoms with E-state index in [-0.39, 0.29) is 17.4 Å². The topological polar surface area (TPSA) is 115 Å².